The lowest BCUT2D eigenvalue weighted by Gasteiger charge is -2.45. The van der Waals surface area contributed by atoms with Crippen molar-refractivity contribution < 1.29 is 10.2 Å². The molecule has 180 valence electrons. The summed E-state index contributed by atoms with van der Waals surface area (Å²) < 4.78 is 2.82. The molecule has 2 fully saturated rings. The summed E-state index contributed by atoms with van der Waals surface area (Å²) in [6.45, 7) is 4.75. The van der Waals surface area contributed by atoms with Gasteiger partial charge in [0.25, 0.3) is 0 Å². The third-order valence-electron chi connectivity index (χ3n) is 8.45. The molecule has 0 atom stereocenters. The van der Waals surface area contributed by atoms with Gasteiger partial charge in [-0.3, -0.25) is 0 Å². The van der Waals surface area contributed by atoms with Crippen LogP contribution in [0.4, 0.5) is 0 Å². The Bertz CT molecular complexity index is 898. The molecule has 4 rings (SSSR count). The smallest absolute Gasteiger partial charge is 0.143 e. The van der Waals surface area contributed by atoms with E-state index in [1.165, 1.54) is 49.7 Å². The van der Waals surface area contributed by atoms with Crippen molar-refractivity contribution in [2.75, 3.05) is 0 Å². The predicted octanol–water partition coefficient (Wildman–Crippen LogP) is 10.1. The van der Waals surface area contributed by atoms with Crippen LogP contribution in [0.5, 0.6) is 11.5 Å². The van der Waals surface area contributed by atoms with Crippen molar-refractivity contribution in [3.8, 4) is 11.5 Å². The molecule has 33 heavy (non-hydrogen) atoms. The molecule has 0 aromatic heterocycles. The zero-order valence-electron chi connectivity index (χ0n) is 19.2. The SMILES string of the molecule is CC(C)C1CCC(C2CCC(c3cc(Br)c(O)c(Br)c3)(c3cc(Br)c(O)c(Br)c3)CC2)CC1. The fourth-order valence-electron chi connectivity index (χ4n) is 6.32. The second-order valence-electron chi connectivity index (χ2n) is 10.4. The van der Waals surface area contributed by atoms with E-state index in [2.05, 4.69) is 102 Å². The lowest BCUT2D eigenvalue weighted by atomic mass is 9.59. The van der Waals surface area contributed by atoms with E-state index in [1.54, 1.807) is 0 Å². The standard InChI is InChI=1S/C27H32Br4O2/c1-15(2)16-3-5-17(6-4-16)18-7-9-27(10-8-18,19-11-21(28)25(32)22(29)12-19)20-13-23(30)26(33)24(31)14-20/h11-18,32-33H,3-10H2,1-2H3. The van der Waals surface area contributed by atoms with Crippen molar-refractivity contribution >= 4 is 63.7 Å². The van der Waals surface area contributed by atoms with Crippen LogP contribution in [-0.2, 0) is 5.41 Å². The minimum Gasteiger partial charge on any atom is -0.506 e. The molecule has 2 aromatic rings. The first-order valence-electron chi connectivity index (χ1n) is 12.0. The van der Waals surface area contributed by atoms with Crippen LogP contribution < -0.4 is 0 Å². The van der Waals surface area contributed by atoms with Gasteiger partial charge >= 0.3 is 0 Å². The Balaban J connectivity index is 1.65. The quantitative estimate of drug-likeness (QED) is 0.332. The highest BCUT2D eigenvalue weighted by atomic mass is 79.9. The van der Waals surface area contributed by atoms with Crippen LogP contribution in [0.25, 0.3) is 0 Å². The number of hydrogen-bond acceptors (Lipinski definition) is 2. The largest absolute Gasteiger partial charge is 0.506 e. The Labute approximate surface area is 231 Å². The normalized spacial score (nSPS) is 23.7. The molecule has 2 nitrogen and oxygen atoms in total. The van der Waals surface area contributed by atoms with Crippen LogP contribution >= 0.6 is 63.7 Å². The predicted molar refractivity (Wildman–Crippen MR) is 150 cm³/mol. The van der Waals surface area contributed by atoms with Gasteiger partial charge in [0.15, 0.2) is 0 Å². The lowest BCUT2D eigenvalue weighted by Crippen LogP contribution is -2.36. The zero-order valence-corrected chi connectivity index (χ0v) is 25.5. The Morgan fingerprint density at radius 3 is 1.39 bits per heavy atom. The Kier molecular flexibility index (Phi) is 8.30. The lowest BCUT2D eigenvalue weighted by molar-refractivity contribution is 0.129. The summed E-state index contributed by atoms with van der Waals surface area (Å²) in [5.74, 6) is 3.83. The summed E-state index contributed by atoms with van der Waals surface area (Å²) in [6, 6.07) is 8.29. The van der Waals surface area contributed by atoms with Crippen molar-refractivity contribution in [3.05, 3.63) is 53.3 Å². The van der Waals surface area contributed by atoms with E-state index in [-0.39, 0.29) is 16.9 Å². The maximum atomic E-state index is 10.3. The van der Waals surface area contributed by atoms with Crippen LogP contribution in [0.3, 0.4) is 0 Å². The molecule has 2 aliphatic rings. The summed E-state index contributed by atoms with van der Waals surface area (Å²) in [4.78, 5) is 0. The van der Waals surface area contributed by atoms with Crippen molar-refractivity contribution in [2.24, 2.45) is 23.7 Å². The van der Waals surface area contributed by atoms with Gasteiger partial charge in [-0.15, -0.1) is 0 Å². The molecule has 0 aliphatic heterocycles. The number of phenols is 2. The summed E-state index contributed by atoms with van der Waals surface area (Å²) in [7, 11) is 0. The van der Waals surface area contributed by atoms with E-state index in [0.29, 0.717) is 17.9 Å². The molecule has 2 saturated carbocycles. The molecule has 0 saturated heterocycles. The van der Waals surface area contributed by atoms with Gasteiger partial charge in [-0.1, -0.05) is 13.8 Å². The summed E-state index contributed by atoms with van der Waals surface area (Å²) in [5.41, 5.74) is 2.24. The Morgan fingerprint density at radius 2 is 1.03 bits per heavy atom. The van der Waals surface area contributed by atoms with E-state index < -0.39 is 0 Å². The molecule has 0 spiro atoms. The Hall–Kier alpha value is -0.0400. The maximum absolute atomic E-state index is 10.3. The van der Waals surface area contributed by atoms with Crippen LogP contribution in [0, 0.1) is 23.7 Å². The first kappa shape index (κ1) is 26.0. The van der Waals surface area contributed by atoms with Gasteiger partial charge < -0.3 is 10.2 Å². The van der Waals surface area contributed by atoms with E-state index in [9.17, 15) is 10.2 Å². The van der Waals surface area contributed by atoms with E-state index >= 15 is 0 Å². The number of hydrogen-bond donors (Lipinski definition) is 2. The van der Waals surface area contributed by atoms with Gasteiger partial charge in [0.1, 0.15) is 11.5 Å². The number of halogens is 4. The molecule has 2 aliphatic carbocycles. The number of phenolic OH excluding ortho intramolecular Hbond substituents is 2. The summed E-state index contributed by atoms with van der Waals surface area (Å²) in [5, 5.41) is 20.7. The average Bonchev–Trinajstić information content (AvgIpc) is 2.80. The third-order valence-corrected chi connectivity index (χ3v) is 10.9. The molecule has 0 unspecified atom stereocenters. The summed E-state index contributed by atoms with van der Waals surface area (Å²) >= 11 is 14.2. The molecule has 0 bridgehead atoms. The fourth-order valence-corrected chi connectivity index (χ4v) is 8.69. The highest BCUT2D eigenvalue weighted by molar-refractivity contribution is 9.11. The van der Waals surface area contributed by atoms with E-state index in [4.69, 9.17) is 0 Å². The molecule has 0 heterocycles. The van der Waals surface area contributed by atoms with Gasteiger partial charge in [-0.2, -0.15) is 0 Å². The van der Waals surface area contributed by atoms with Crippen LogP contribution in [-0.4, -0.2) is 10.2 Å². The fraction of sp³-hybridized carbons (Fsp3) is 0.556. The van der Waals surface area contributed by atoms with Gasteiger partial charge in [-0.05, 0) is 174 Å². The number of rotatable bonds is 4. The third kappa shape index (κ3) is 5.24. The topological polar surface area (TPSA) is 40.5 Å². The number of benzene rings is 2. The van der Waals surface area contributed by atoms with Gasteiger partial charge in [-0.25, -0.2) is 0 Å². The second-order valence-corrected chi connectivity index (χ2v) is 13.8. The first-order chi connectivity index (χ1) is 15.6. The van der Waals surface area contributed by atoms with Gasteiger partial charge in [0.2, 0.25) is 0 Å². The van der Waals surface area contributed by atoms with Crippen LogP contribution in [0.1, 0.15) is 76.3 Å². The monoisotopic (exact) mass is 704 g/mol. The minimum absolute atomic E-state index is 0.164. The molecule has 2 aromatic carbocycles. The average molecular weight is 708 g/mol. The van der Waals surface area contributed by atoms with E-state index in [0.717, 1.165) is 36.5 Å². The van der Waals surface area contributed by atoms with Crippen molar-refractivity contribution in [1.82, 2.24) is 0 Å². The van der Waals surface area contributed by atoms with Gasteiger partial charge in [0.05, 0.1) is 17.9 Å². The van der Waals surface area contributed by atoms with E-state index in [1.807, 2.05) is 0 Å². The molecular formula is C27H32Br4O2. The highest BCUT2D eigenvalue weighted by Crippen LogP contribution is 2.53. The molecule has 0 amide bonds. The first-order valence-corrected chi connectivity index (χ1v) is 15.2. The van der Waals surface area contributed by atoms with Crippen molar-refractivity contribution in [3.63, 3.8) is 0 Å². The highest BCUT2D eigenvalue weighted by Gasteiger charge is 2.42. The Morgan fingerprint density at radius 1 is 0.667 bits per heavy atom. The zero-order chi connectivity index (χ0) is 23.9. The van der Waals surface area contributed by atoms with Crippen LogP contribution in [0.2, 0.25) is 0 Å². The van der Waals surface area contributed by atoms with Gasteiger partial charge in [0, 0.05) is 5.41 Å². The minimum atomic E-state index is -0.164. The maximum Gasteiger partial charge on any atom is 0.143 e. The van der Waals surface area contributed by atoms with Crippen molar-refractivity contribution in [1.29, 1.82) is 0 Å². The summed E-state index contributed by atoms with van der Waals surface area (Å²) in [6.07, 6.45) is 10.1. The van der Waals surface area contributed by atoms with Crippen LogP contribution in [0.15, 0.2) is 42.2 Å². The molecular weight excluding hydrogens is 676 g/mol. The molecule has 2 N–H and O–H groups in total. The second kappa shape index (κ2) is 10.5. The molecule has 0 radical (unpaired) electrons. The number of aromatic hydroxyl groups is 2. The van der Waals surface area contributed by atoms with Crippen molar-refractivity contribution in [2.45, 2.75) is 70.6 Å². The molecule has 6 heteroatoms.